The first kappa shape index (κ1) is 25.9. The Balaban J connectivity index is 1.51. The maximum absolute atomic E-state index is 14.6. The lowest BCUT2D eigenvalue weighted by Gasteiger charge is -2.10. The molecule has 7 nitrogen and oxygen atoms in total. The molecule has 0 radical (unpaired) electrons. The number of rotatable bonds is 11. The molecule has 0 aliphatic rings. The maximum atomic E-state index is 14.6. The van der Waals surface area contributed by atoms with Crippen molar-refractivity contribution in [3.63, 3.8) is 0 Å². The third kappa shape index (κ3) is 6.73. The first-order valence-electron chi connectivity index (χ1n) is 12.4. The molecule has 0 spiro atoms. The minimum Gasteiger partial charge on any atom is -0.494 e. The van der Waals surface area contributed by atoms with Crippen molar-refractivity contribution in [2.24, 2.45) is 5.92 Å². The molecule has 0 atom stereocenters. The van der Waals surface area contributed by atoms with Crippen LogP contribution in [0.25, 0.3) is 17.1 Å². The Morgan fingerprint density at radius 1 is 1.00 bits per heavy atom. The van der Waals surface area contributed by atoms with Crippen LogP contribution in [-0.4, -0.2) is 33.9 Å². The number of ether oxygens (including phenoxy) is 2. The number of carbonyl (C=O) groups excluding carboxylic acids is 1. The molecule has 0 aliphatic heterocycles. The molecular weight excluding hydrogens is 471 g/mol. The minimum atomic E-state index is -0.405. The summed E-state index contributed by atoms with van der Waals surface area (Å²) in [6.07, 6.45) is 2.05. The van der Waals surface area contributed by atoms with Crippen LogP contribution in [-0.2, 0) is 0 Å². The summed E-state index contributed by atoms with van der Waals surface area (Å²) in [5, 5.41) is 7.35. The van der Waals surface area contributed by atoms with E-state index < -0.39 is 5.82 Å². The smallest absolute Gasteiger partial charge is 0.336 e. The summed E-state index contributed by atoms with van der Waals surface area (Å²) in [7, 11) is 0. The number of hydrogen-bond acceptors (Lipinski definition) is 5. The van der Waals surface area contributed by atoms with Crippen LogP contribution in [0, 0.1) is 11.7 Å². The van der Waals surface area contributed by atoms with Gasteiger partial charge in [0.15, 0.2) is 5.82 Å². The number of nitrogens with one attached hydrogen (secondary N) is 1. The van der Waals surface area contributed by atoms with Crippen molar-refractivity contribution in [1.29, 1.82) is 0 Å². The lowest BCUT2D eigenvalue weighted by molar-refractivity contribution is 0.102. The van der Waals surface area contributed by atoms with Crippen LogP contribution in [0.1, 0.15) is 44.0 Å². The number of nitrogens with zero attached hydrogens (tertiary/aromatic N) is 3. The summed E-state index contributed by atoms with van der Waals surface area (Å²) in [5.41, 5.74) is 2.10. The second-order valence-electron chi connectivity index (χ2n) is 9.04. The summed E-state index contributed by atoms with van der Waals surface area (Å²) >= 11 is 0. The highest BCUT2D eigenvalue weighted by Gasteiger charge is 2.18. The quantitative estimate of drug-likeness (QED) is 0.236. The molecule has 1 amide bonds. The minimum absolute atomic E-state index is 0.173. The van der Waals surface area contributed by atoms with E-state index in [4.69, 9.17) is 9.47 Å². The lowest BCUT2D eigenvalue weighted by atomic mass is 10.2. The molecule has 0 aliphatic carbocycles. The van der Waals surface area contributed by atoms with E-state index in [0.29, 0.717) is 41.5 Å². The third-order valence-corrected chi connectivity index (χ3v) is 5.50. The second kappa shape index (κ2) is 12.2. The van der Waals surface area contributed by atoms with E-state index in [9.17, 15) is 9.18 Å². The van der Waals surface area contributed by atoms with Crippen LogP contribution in [0.15, 0.2) is 72.8 Å². The van der Waals surface area contributed by atoms with Gasteiger partial charge in [-0.3, -0.25) is 4.79 Å². The van der Waals surface area contributed by atoms with Gasteiger partial charge in [-0.2, -0.15) is 4.98 Å². The average Bonchev–Trinajstić information content (AvgIpc) is 3.33. The number of hydrogen-bond donors (Lipinski definition) is 1. The molecule has 0 unspecified atom stereocenters. The number of anilines is 1. The van der Waals surface area contributed by atoms with Crippen LogP contribution < -0.4 is 14.8 Å². The van der Waals surface area contributed by atoms with E-state index in [0.717, 1.165) is 18.6 Å². The highest BCUT2D eigenvalue weighted by molar-refractivity contribution is 6.04. The van der Waals surface area contributed by atoms with E-state index >= 15 is 0 Å². The zero-order valence-electron chi connectivity index (χ0n) is 21.3. The van der Waals surface area contributed by atoms with Crippen molar-refractivity contribution in [2.75, 3.05) is 18.5 Å². The molecule has 37 heavy (non-hydrogen) atoms. The van der Waals surface area contributed by atoms with Gasteiger partial charge in [0.2, 0.25) is 0 Å². The molecule has 1 N–H and O–H groups in total. The zero-order chi connectivity index (χ0) is 26.2. The van der Waals surface area contributed by atoms with Gasteiger partial charge in [0.1, 0.15) is 11.6 Å². The largest absolute Gasteiger partial charge is 0.494 e. The molecule has 0 saturated heterocycles. The predicted molar refractivity (Wildman–Crippen MR) is 142 cm³/mol. The van der Waals surface area contributed by atoms with Gasteiger partial charge in [-0.15, -0.1) is 5.10 Å². The van der Waals surface area contributed by atoms with E-state index in [-0.39, 0.29) is 17.8 Å². The molecule has 1 aromatic heterocycles. The summed E-state index contributed by atoms with van der Waals surface area (Å²) in [6.45, 7) is 7.26. The third-order valence-electron chi connectivity index (χ3n) is 5.50. The summed E-state index contributed by atoms with van der Waals surface area (Å²) < 4.78 is 27.5. The SMILES string of the molecule is CCCCOc1ccc(C(=O)Nc2ccc(-n3nc(OCC(C)C)nc3-c3ccccc3F)cc2)cc1. The van der Waals surface area contributed by atoms with Crippen molar-refractivity contribution in [2.45, 2.75) is 33.6 Å². The molecule has 0 bridgehead atoms. The Morgan fingerprint density at radius 3 is 2.41 bits per heavy atom. The number of benzene rings is 3. The van der Waals surface area contributed by atoms with Crippen molar-refractivity contribution >= 4 is 11.6 Å². The summed E-state index contributed by atoms with van der Waals surface area (Å²) in [6, 6.07) is 20.7. The van der Waals surface area contributed by atoms with Crippen molar-refractivity contribution < 1.29 is 18.7 Å². The lowest BCUT2D eigenvalue weighted by Crippen LogP contribution is -2.12. The van der Waals surface area contributed by atoms with Crippen LogP contribution in [0.2, 0.25) is 0 Å². The van der Waals surface area contributed by atoms with Gasteiger partial charge in [0, 0.05) is 11.3 Å². The number of carbonyl (C=O) groups is 1. The molecule has 4 aromatic rings. The fourth-order valence-corrected chi connectivity index (χ4v) is 3.52. The van der Waals surface area contributed by atoms with Gasteiger partial charge in [0.25, 0.3) is 5.91 Å². The first-order chi connectivity index (χ1) is 17.9. The zero-order valence-corrected chi connectivity index (χ0v) is 21.3. The Hall–Kier alpha value is -4.20. The Bertz CT molecular complexity index is 1320. The monoisotopic (exact) mass is 502 g/mol. The number of aromatic nitrogens is 3. The van der Waals surface area contributed by atoms with Crippen molar-refractivity contribution in [3.8, 4) is 28.8 Å². The van der Waals surface area contributed by atoms with E-state index in [2.05, 4.69) is 22.3 Å². The predicted octanol–water partition coefficient (Wildman–Crippen LogP) is 6.54. The molecular formula is C29H31FN4O3. The molecule has 8 heteroatoms. The van der Waals surface area contributed by atoms with E-state index in [1.807, 2.05) is 13.8 Å². The van der Waals surface area contributed by atoms with Gasteiger partial charge in [-0.1, -0.05) is 39.3 Å². The summed E-state index contributed by atoms with van der Waals surface area (Å²) in [5.74, 6) is 0.721. The number of amides is 1. The van der Waals surface area contributed by atoms with Gasteiger partial charge in [-0.25, -0.2) is 9.07 Å². The van der Waals surface area contributed by atoms with Gasteiger partial charge >= 0.3 is 6.01 Å². The van der Waals surface area contributed by atoms with Crippen LogP contribution >= 0.6 is 0 Å². The van der Waals surface area contributed by atoms with Crippen molar-refractivity contribution in [1.82, 2.24) is 14.8 Å². The Morgan fingerprint density at radius 2 is 1.73 bits per heavy atom. The second-order valence-corrected chi connectivity index (χ2v) is 9.04. The van der Waals surface area contributed by atoms with E-state index in [1.165, 1.54) is 10.7 Å². The molecule has 3 aromatic carbocycles. The van der Waals surface area contributed by atoms with Crippen LogP contribution in [0.4, 0.5) is 10.1 Å². The highest BCUT2D eigenvalue weighted by atomic mass is 19.1. The molecule has 0 fully saturated rings. The Labute approximate surface area is 216 Å². The van der Waals surface area contributed by atoms with E-state index in [1.54, 1.807) is 66.7 Å². The van der Waals surface area contributed by atoms with Crippen LogP contribution in [0.3, 0.4) is 0 Å². The first-order valence-corrected chi connectivity index (χ1v) is 12.4. The summed E-state index contributed by atoms with van der Waals surface area (Å²) in [4.78, 5) is 17.2. The van der Waals surface area contributed by atoms with Crippen molar-refractivity contribution in [3.05, 3.63) is 84.2 Å². The molecule has 0 saturated carbocycles. The Kier molecular flexibility index (Phi) is 8.51. The fraction of sp³-hybridized carbons (Fsp3) is 0.276. The fourth-order valence-electron chi connectivity index (χ4n) is 3.52. The maximum Gasteiger partial charge on any atom is 0.336 e. The average molecular weight is 503 g/mol. The standard InChI is InChI=1S/C29H31FN4O3/c1-4-5-18-36-24-16-10-21(11-17-24)28(35)31-22-12-14-23(15-13-22)34-27(25-8-6-7-9-26(25)30)32-29(33-34)37-19-20(2)3/h6-17,20H,4-5,18-19H2,1-3H3,(H,31,35). The molecule has 4 rings (SSSR count). The van der Waals surface area contributed by atoms with Gasteiger partial charge < -0.3 is 14.8 Å². The van der Waals surface area contributed by atoms with Crippen LogP contribution in [0.5, 0.6) is 11.8 Å². The normalized spacial score (nSPS) is 10.9. The topological polar surface area (TPSA) is 78.3 Å². The molecule has 1 heterocycles. The highest BCUT2D eigenvalue weighted by Crippen LogP contribution is 2.27. The number of halogens is 1. The number of unbranched alkanes of at least 4 members (excludes halogenated alkanes) is 1. The van der Waals surface area contributed by atoms with Gasteiger partial charge in [-0.05, 0) is 73.0 Å². The van der Waals surface area contributed by atoms with Gasteiger partial charge in [0.05, 0.1) is 24.5 Å². The molecule has 192 valence electrons.